The summed E-state index contributed by atoms with van der Waals surface area (Å²) in [5.74, 6) is 0.0982. The Morgan fingerprint density at radius 3 is 2.47 bits per heavy atom. The van der Waals surface area contributed by atoms with E-state index in [1.54, 1.807) is 11.3 Å². The molecule has 1 aromatic heterocycles. The van der Waals surface area contributed by atoms with Crippen LogP contribution in [-0.2, 0) is 9.59 Å². The van der Waals surface area contributed by atoms with Crippen molar-refractivity contribution in [2.75, 3.05) is 4.90 Å². The van der Waals surface area contributed by atoms with E-state index in [1.807, 2.05) is 58.8 Å². The standard InChI is InChI=1S/C27H24N2O2S/c30-23-16-19(17-7-2-1-3-8-17)15-21-25(23)26(24-11-6-14-32-24)29(27(31)18-12-13-18)22-10-5-4-9-20(22)28-21/h1-11,14,18-19,25-26H,12-13,15-16H2/t19-,25?,26-/m0/s1. The maximum atomic E-state index is 13.8. The fourth-order valence-corrected chi connectivity index (χ4v) is 6.04. The number of ketones is 1. The van der Waals surface area contributed by atoms with E-state index in [4.69, 9.17) is 4.99 Å². The van der Waals surface area contributed by atoms with Gasteiger partial charge in [0.15, 0.2) is 0 Å². The molecule has 32 heavy (non-hydrogen) atoms. The molecule has 0 spiro atoms. The minimum atomic E-state index is -0.399. The summed E-state index contributed by atoms with van der Waals surface area (Å²) in [4.78, 5) is 35.4. The number of Topliss-reactive ketones (excluding diaryl/α,β-unsaturated/α-hetero) is 1. The summed E-state index contributed by atoms with van der Waals surface area (Å²) in [6.07, 6.45) is 3.08. The molecule has 2 aromatic carbocycles. The van der Waals surface area contributed by atoms with Crippen molar-refractivity contribution < 1.29 is 9.59 Å². The van der Waals surface area contributed by atoms with Crippen molar-refractivity contribution in [1.82, 2.24) is 0 Å². The summed E-state index contributed by atoms with van der Waals surface area (Å²) in [6.45, 7) is 0. The van der Waals surface area contributed by atoms with Crippen molar-refractivity contribution in [3.05, 3.63) is 82.6 Å². The topological polar surface area (TPSA) is 49.7 Å². The Morgan fingerprint density at radius 2 is 1.72 bits per heavy atom. The highest BCUT2D eigenvalue weighted by molar-refractivity contribution is 7.10. The summed E-state index contributed by atoms with van der Waals surface area (Å²) in [5, 5.41) is 2.03. The third-order valence-corrected chi connectivity index (χ3v) is 7.82. The summed E-state index contributed by atoms with van der Waals surface area (Å²) in [5.41, 5.74) is 3.71. The number of fused-ring (bicyclic) bond motifs is 2. The molecule has 3 aliphatic rings. The lowest BCUT2D eigenvalue weighted by Crippen LogP contribution is -2.45. The van der Waals surface area contributed by atoms with Crippen LogP contribution < -0.4 is 4.90 Å². The largest absolute Gasteiger partial charge is 0.301 e. The quantitative estimate of drug-likeness (QED) is 0.495. The average molecular weight is 441 g/mol. The Bertz CT molecular complexity index is 1200. The van der Waals surface area contributed by atoms with Gasteiger partial charge in [0.05, 0.1) is 23.3 Å². The second-order valence-electron chi connectivity index (χ2n) is 8.99. The SMILES string of the molecule is O=C1C[C@@H](c2ccccc2)CC2=Nc3ccccc3N(C(=O)C3CC3)[C@@H](c3cccs3)C12. The van der Waals surface area contributed by atoms with Gasteiger partial charge in [0, 0.05) is 22.9 Å². The van der Waals surface area contributed by atoms with Gasteiger partial charge in [-0.15, -0.1) is 11.3 Å². The maximum absolute atomic E-state index is 13.8. The minimum absolute atomic E-state index is 0.0582. The van der Waals surface area contributed by atoms with Gasteiger partial charge in [0.1, 0.15) is 5.78 Å². The molecule has 0 N–H and O–H groups in total. The molecule has 2 fully saturated rings. The van der Waals surface area contributed by atoms with Crippen LogP contribution in [-0.4, -0.2) is 17.4 Å². The van der Waals surface area contributed by atoms with Crippen LogP contribution in [0.15, 0.2) is 77.1 Å². The first kappa shape index (κ1) is 19.6. The predicted molar refractivity (Wildman–Crippen MR) is 128 cm³/mol. The zero-order valence-electron chi connectivity index (χ0n) is 17.7. The van der Waals surface area contributed by atoms with Crippen LogP contribution in [0.1, 0.15) is 48.1 Å². The lowest BCUT2D eigenvalue weighted by atomic mass is 9.73. The molecule has 2 aliphatic carbocycles. The van der Waals surface area contributed by atoms with Gasteiger partial charge in [0.2, 0.25) is 5.91 Å². The summed E-state index contributed by atoms with van der Waals surface area (Å²) < 4.78 is 0. The third-order valence-electron chi connectivity index (χ3n) is 6.88. The molecule has 0 saturated heterocycles. The monoisotopic (exact) mass is 440 g/mol. The van der Waals surface area contributed by atoms with Crippen molar-refractivity contribution in [2.24, 2.45) is 16.8 Å². The Kier molecular flexibility index (Phi) is 4.80. The number of benzene rings is 2. The smallest absolute Gasteiger partial charge is 0.230 e. The van der Waals surface area contributed by atoms with Gasteiger partial charge in [-0.2, -0.15) is 0 Å². The molecule has 3 atom stereocenters. The van der Waals surface area contributed by atoms with Gasteiger partial charge in [-0.1, -0.05) is 48.5 Å². The molecular weight excluding hydrogens is 416 g/mol. The van der Waals surface area contributed by atoms with Crippen molar-refractivity contribution >= 4 is 40.1 Å². The highest BCUT2D eigenvalue weighted by atomic mass is 32.1. The van der Waals surface area contributed by atoms with Gasteiger partial charge in [-0.25, -0.2) is 0 Å². The van der Waals surface area contributed by atoms with Crippen LogP contribution in [0.3, 0.4) is 0 Å². The highest BCUT2D eigenvalue weighted by Gasteiger charge is 2.48. The van der Waals surface area contributed by atoms with E-state index in [-0.39, 0.29) is 29.6 Å². The van der Waals surface area contributed by atoms with Crippen LogP contribution >= 0.6 is 11.3 Å². The molecule has 5 heteroatoms. The molecule has 6 rings (SSSR count). The third kappa shape index (κ3) is 3.32. The van der Waals surface area contributed by atoms with E-state index in [0.29, 0.717) is 6.42 Å². The van der Waals surface area contributed by atoms with E-state index in [0.717, 1.165) is 41.2 Å². The molecule has 0 bridgehead atoms. The zero-order valence-corrected chi connectivity index (χ0v) is 18.5. The Labute approximate surface area is 191 Å². The van der Waals surface area contributed by atoms with Crippen molar-refractivity contribution in [3.63, 3.8) is 0 Å². The van der Waals surface area contributed by atoms with Gasteiger partial charge in [-0.05, 0) is 54.3 Å². The van der Waals surface area contributed by atoms with Crippen molar-refractivity contribution in [1.29, 1.82) is 0 Å². The van der Waals surface area contributed by atoms with Crippen LogP contribution in [0.4, 0.5) is 11.4 Å². The van der Waals surface area contributed by atoms with Crippen molar-refractivity contribution in [2.45, 2.75) is 37.6 Å². The molecule has 4 nitrogen and oxygen atoms in total. The first-order valence-corrected chi connectivity index (χ1v) is 12.2. The molecule has 2 heterocycles. The molecule has 3 aromatic rings. The summed E-state index contributed by atoms with van der Waals surface area (Å²) in [6, 6.07) is 21.9. The van der Waals surface area contributed by atoms with E-state index >= 15 is 0 Å². The number of hydrogen-bond donors (Lipinski definition) is 0. The number of anilines is 1. The second-order valence-corrected chi connectivity index (χ2v) is 9.97. The lowest BCUT2D eigenvalue weighted by molar-refractivity contribution is -0.123. The van der Waals surface area contributed by atoms with Crippen LogP contribution in [0.25, 0.3) is 0 Å². The minimum Gasteiger partial charge on any atom is -0.301 e. The van der Waals surface area contributed by atoms with Gasteiger partial charge >= 0.3 is 0 Å². The van der Waals surface area contributed by atoms with Crippen LogP contribution in [0.2, 0.25) is 0 Å². The number of thiophene rings is 1. The van der Waals surface area contributed by atoms with Crippen LogP contribution in [0, 0.1) is 11.8 Å². The Hall–Kier alpha value is -3.05. The van der Waals surface area contributed by atoms with E-state index in [2.05, 4.69) is 18.2 Å². The summed E-state index contributed by atoms with van der Waals surface area (Å²) in [7, 11) is 0. The number of hydrogen-bond acceptors (Lipinski definition) is 4. The van der Waals surface area contributed by atoms with E-state index < -0.39 is 5.92 Å². The number of carbonyl (C=O) groups excluding carboxylic acids is 2. The highest BCUT2D eigenvalue weighted by Crippen LogP contribution is 2.49. The van der Waals surface area contributed by atoms with Crippen molar-refractivity contribution in [3.8, 4) is 0 Å². The second kappa shape index (κ2) is 7.82. The number of aliphatic imine (C=N–C) groups is 1. The number of para-hydroxylation sites is 2. The van der Waals surface area contributed by atoms with Gasteiger partial charge < -0.3 is 4.90 Å². The fourth-order valence-electron chi connectivity index (χ4n) is 5.19. The maximum Gasteiger partial charge on any atom is 0.230 e. The number of amides is 1. The number of carbonyl (C=O) groups is 2. The van der Waals surface area contributed by atoms with Gasteiger partial charge in [0.25, 0.3) is 0 Å². The molecule has 1 unspecified atom stereocenters. The number of nitrogens with zero attached hydrogens (tertiary/aromatic N) is 2. The molecular formula is C27H24N2O2S. The predicted octanol–water partition coefficient (Wildman–Crippen LogP) is 6.08. The van der Waals surface area contributed by atoms with Gasteiger partial charge in [-0.3, -0.25) is 14.6 Å². The molecule has 1 aliphatic heterocycles. The zero-order chi connectivity index (χ0) is 21.7. The van der Waals surface area contributed by atoms with E-state index in [1.165, 1.54) is 5.56 Å². The Morgan fingerprint density at radius 1 is 0.938 bits per heavy atom. The first-order valence-electron chi connectivity index (χ1n) is 11.3. The average Bonchev–Trinajstić information content (AvgIpc) is 3.56. The first-order chi connectivity index (χ1) is 15.7. The van der Waals surface area contributed by atoms with E-state index in [9.17, 15) is 9.59 Å². The molecule has 1 amide bonds. The number of rotatable bonds is 3. The lowest BCUT2D eigenvalue weighted by Gasteiger charge is -2.38. The normalized spacial score (nSPS) is 24.9. The molecule has 160 valence electrons. The fraction of sp³-hybridized carbons (Fsp3) is 0.296. The van der Waals surface area contributed by atoms with Crippen LogP contribution in [0.5, 0.6) is 0 Å². The Balaban J connectivity index is 1.51. The summed E-state index contributed by atoms with van der Waals surface area (Å²) >= 11 is 1.62. The molecule has 0 radical (unpaired) electrons. The molecule has 2 saturated carbocycles.